The summed E-state index contributed by atoms with van der Waals surface area (Å²) in [5, 5.41) is 9.84. The van der Waals surface area contributed by atoms with Crippen LogP contribution in [-0.4, -0.2) is 35.8 Å². The number of aliphatic hydroxyl groups excluding tert-OH is 1. The molecule has 3 rings (SSSR count). The Hall–Kier alpha value is -1.68. The molecule has 0 spiro atoms. The smallest absolute Gasteiger partial charge is 0.0716 e. The van der Waals surface area contributed by atoms with Gasteiger partial charge in [0.05, 0.1) is 6.61 Å². The van der Waals surface area contributed by atoms with E-state index in [1.54, 1.807) is 0 Å². The maximum Gasteiger partial charge on any atom is 0.0716 e. The molecule has 2 aromatic carbocycles. The van der Waals surface area contributed by atoms with Crippen molar-refractivity contribution in [2.75, 3.05) is 19.8 Å². The highest BCUT2D eigenvalue weighted by Crippen LogP contribution is 2.28. The maximum atomic E-state index is 9.84. The molecule has 1 saturated heterocycles. The molecule has 140 valence electrons. The number of benzene rings is 2. The Morgan fingerprint density at radius 2 is 1.65 bits per heavy atom. The molecule has 26 heavy (non-hydrogen) atoms. The van der Waals surface area contributed by atoms with Gasteiger partial charge in [0.25, 0.3) is 0 Å². The van der Waals surface area contributed by atoms with Crippen LogP contribution in [0.25, 0.3) is 0 Å². The van der Waals surface area contributed by atoms with E-state index in [0.717, 1.165) is 39.0 Å². The van der Waals surface area contributed by atoms with Gasteiger partial charge in [-0.3, -0.25) is 4.90 Å². The summed E-state index contributed by atoms with van der Waals surface area (Å²) in [6.07, 6.45) is 4.45. The molecule has 1 aliphatic heterocycles. The van der Waals surface area contributed by atoms with E-state index in [4.69, 9.17) is 4.74 Å². The fraction of sp³-hybridized carbons (Fsp3) is 0.478. The summed E-state index contributed by atoms with van der Waals surface area (Å²) in [6, 6.07) is 21.5. The quantitative estimate of drug-likeness (QED) is 0.684. The molecule has 3 nitrogen and oxygen atoms in total. The lowest BCUT2D eigenvalue weighted by Gasteiger charge is -2.41. The van der Waals surface area contributed by atoms with Crippen molar-refractivity contribution >= 4 is 0 Å². The average molecular weight is 354 g/mol. The van der Waals surface area contributed by atoms with Crippen LogP contribution in [0.2, 0.25) is 0 Å². The molecule has 0 unspecified atom stereocenters. The van der Waals surface area contributed by atoms with Crippen molar-refractivity contribution in [1.82, 2.24) is 4.90 Å². The minimum atomic E-state index is 0.292. The fourth-order valence-electron chi connectivity index (χ4n) is 4.02. The summed E-state index contributed by atoms with van der Waals surface area (Å²) in [7, 11) is 0. The van der Waals surface area contributed by atoms with Gasteiger partial charge in [-0.1, -0.05) is 60.7 Å². The highest BCUT2D eigenvalue weighted by Gasteiger charge is 2.30. The highest BCUT2D eigenvalue weighted by atomic mass is 16.5. The Morgan fingerprint density at radius 3 is 2.35 bits per heavy atom. The largest absolute Gasteiger partial charge is 0.396 e. The third-order valence-corrected chi connectivity index (χ3v) is 5.40. The van der Waals surface area contributed by atoms with Gasteiger partial charge < -0.3 is 9.84 Å². The Morgan fingerprint density at radius 1 is 0.962 bits per heavy atom. The first-order valence-corrected chi connectivity index (χ1v) is 9.87. The van der Waals surface area contributed by atoms with Crippen molar-refractivity contribution in [2.45, 2.75) is 44.9 Å². The molecular formula is C23H31NO2. The zero-order valence-electron chi connectivity index (χ0n) is 15.6. The molecule has 2 atom stereocenters. The van der Waals surface area contributed by atoms with Crippen LogP contribution in [0.4, 0.5) is 0 Å². The first kappa shape index (κ1) is 19.1. The van der Waals surface area contributed by atoms with E-state index in [0.29, 0.717) is 25.2 Å². The average Bonchev–Trinajstić information content (AvgIpc) is 2.70. The molecule has 0 saturated carbocycles. The highest BCUT2D eigenvalue weighted by molar-refractivity contribution is 5.15. The number of hydrogen-bond acceptors (Lipinski definition) is 3. The second-order valence-corrected chi connectivity index (χ2v) is 7.29. The van der Waals surface area contributed by atoms with Gasteiger partial charge in [0.15, 0.2) is 0 Å². The second kappa shape index (κ2) is 10.5. The summed E-state index contributed by atoms with van der Waals surface area (Å²) in [5.74, 6) is 0.390. The molecule has 0 radical (unpaired) electrons. The van der Waals surface area contributed by atoms with Gasteiger partial charge in [-0.05, 0) is 49.3 Å². The summed E-state index contributed by atoms with van der Waals surface area (Å²) < 4.78 is 5.85. The molecule has 0 aliphatic carbocycles. The number of nitrogens with zero attached hydrogens (tertiary/aromatic N) is 1. The minimum Gasteiger partial charge on any atom is -0.396 e. The summed E-state index contributed by atoms with van der Waals surface area (Å²) in [6.45, 7) is 3.86. The van der Waals surface area contributed by atoms with Crippen LogP contribution in [0.15, 0.2) is 60.7 Å². The number of hydrogen-bond donors (Lipinski definition) is 1. The summed E-state index contributed by atoms with van der Waals surface area (Å²) in [5.41, 5.74) is 2.58. The lowest BCUT2D eigenvalue weighted by Crippen LogP contribution is -2.46. The molecule has 1 fully saturated rings. The molecule has 3 heteroatoms. The van der Waals surface area contributed by atoms with Crippen molar-refractivity contribution < 1.29 is 9.84 Å². The minimum absolute atomic E-state index is 0.292. The van der Waals surface area contributed by atoms with Crippen molar-refractivity contribution in [2.24, 2.45) is 5.92 Å². The number of aliphatic hydroxyl groups is 1. The van der Waals surface area contributed by atoms with Gasteiger partial charge in [0, 0.05) is 25.8 Å². The van der Waals surface area contributed by atoms with Gasteiger partial charge in [0.1, 0.15) is 0 Å². The third kappa shape index (κ3) is 5.66. The normalized spacial score (nSPS) is 21.0. The topological polar surface area (TPSA) is 32.7 Å². The summed E-state index contributed by atoms with van der Waals surface area (Å²) in [4.78, 5) is 2.57. The van der Waals surface area contributed by atoms with E-state index >= 15 is 0 Å². The van der Waals surface area contributed by atoms with Crippen molar-refractivity contribution in [1.29, 1.82) is 0 Å². The van der Waals surface area contributed by atoms with Gasteiger partial charge >= 0.3 is 0 Å². The molecule has 0 bridgehead atoms. The van der Waals surface area contributed by atoms with Crippen LogP contribution < -0.4 is 0 Å². The molecular weight excluding hydrogens is 322 g/mol. The van der Waals surface area contributed by atoms with Gasteiger partial charge in [-0.15, -0.1) is 0 Å². The monoisotopic (exact) mass is 353 g/mol. The van der Waals surface area contributed by atoms with Crippen LogP contribution in [0.3, 0.4) is 0 Å². The predicted molar refractivity (Wildman–Crippen MR) is 106 cm³/mol. The van der Waals surface area contributed by atoms with Gasteiger partial charge in [-0.25, -0.2) is 0 Å². The molecule has 2 aromatic rings. The Bertz CT molecular complexity index is 617. The predicted octanol–water partition coefficient (Wildman–Crippen LogP) is 4.26. The van der Waals surface area contributed by atoms with Crippen LogP contribution in [0.1, 0.15) is 36.8 Å². The molecule has 1 N–H and O–H groups in total. The van der Waals surface area contributed by atoms with E-state index in [2.05, 4.69) is 47.4 Å². The molecule has 1 heterocycles. The van der Waals surface area contributed by atoms with E-state index in [1.807, 2.05) is 18.2 Å². The Labute approximate surface area is 157 Å². The lowest BCUT2D eigenvalue weighted by molar-refractivity contribution is 0.0357. The van der Waals surface area contributed by atoms with Gasteiger partial charge in [0.2, 0.25) is 0 Å². The number of rotatable bonds is 9. The second-order valence-electron chi connectivity index (χ2n) is 7.29. The van der Waals surface area contributed by atoms with Crippen LogP contribution in [0.5, 0.6) is 0 Å². The number of ether oxygens (including phenoxy) is 1. The van der Waals surface area contributed by atoms with Gasteiger partial charge in [-0.2, -0.15) is 0 Å². The van der Waals surface area contributed by atoms with Crippen molar-refractivity contribution in [3.8, 4) is 0 Å². The molecule has 1 aliphatic rings. The lowest BCUT2D eigenvalue weighted by atomic mass is 9.86. The van der Waals surface area contributed by atoms with Crippen molar-refractivity contribution in [3.63, 3.8) is 0 Å². The van der Waals surface area contributed by atoms with Crippen LogP contribution in [-0.2, 0) is 17.9 Å². The van der Waals surface area contributed by atoms with E-state index in [-0.39, 0.29) is 0 Å². The number of likely N-dealkylation sites (tertiary alicyclic amines) is 1. The first-order chi connectivity index (χ1) is 12.9. The van der Waals surface area contributed by atoms with Crippen LogP contribution in [0, 0.1) is 5.92 Å². The standard InChI is InChI=1S/C23H31NO2/c25-18-22-13-7-15-24(17-20-9-3-1-4-10-20)23(22)14-8-16-26-19-21-11-5-2-6-12-21/h1-6,9-12,22-23,25H,7-8,13-19H2/t22-,23+/m0/s1. The Kier molecular flexibility index (Phi) is 7.68. The fourth-order valence-corrected chi connectivity index (χ4v) is 4.02. The van der Waals surface area contributed by atoms with Crippen molar-refractivity contribution in [3.05, 3.63) is 71.8 Å². The first-order valence-electron chi connectivity index (χ1n) is 9.87. The molecule has 0 aromatic heterocycles. The van der Waals surface area contributed by atoms with E-state index < -0.39 is 0 Å². The number of piperidine rings is 1. The maximum absolute atomic E-state index is 9.84. The third-order valence-electron chi connectivity index (χ3n) is 5.40. The zero-order valence-corrected chi connectivity index (χ0v) is 15.6. The zero-order chi connectivity index (χ0) is 18.0. The SMILES string of the molecule is OC[C@@H]1CCCN(Cc2ccccc2)[C@@H]1CCCOCc1ccccc1. The Balaban J connectivity index is 1.48. The van der Waals surface area contributed by atoms with E-state index in [9.17, 15) is 5.11 Å². The summed E-state index contributed by atoms with van der Waals surface area (Å²) >= 11 is 0. The van der Waals surface area contributed by atoms with E-state index in [1.165, 1.54) is 17.5 Å². The van der Waals surface area contributed by atoms with Crippen LogP contribution >= 0.6 is 0 Å². The molecule has 0 amide bonds.